The number of nitrogens with one attached hydrogen (secondary N) is 1. The first-order chi connectivity index (χ1) is 16.4. The number of aryl methyl sites for hydroxylation is 2. The lowest BCUT2D eigenvalue weighted by atomic mass is 10.2. The van der Waals surface area contributed by atoms with Gasteiger partial charge in [-0.3, -0.25) is 14.9 Å². The number of amides is 1. The molecule has 1 amide bonds. The molecule has 8 nitrogen and oxygen atoms in total. The fraction of sp³-hybridized carbons (Fsp3) is 0.115. The number of anilines is 1. The van der Waals surface area contributed by atoms with E-state index in [9.17, 15) is 14.9 Å². The second-order valence-corrected chi connectivity index (χ2v) is 7.67. The molecule has 4 rings (SSSR count). The van der Waals surface area contributed by atoms with Crippen molar-refractivity contribution in [2.24, 2.45) is 0 Å². The molecule has 0 aliphatic heterocycles. The molecule has 0 spiro atoms. The molecule has 0 unspecified atom stereocenters. The van der Waals surface area contributed by atoms with Gasteiger partial charge < -0.3 is 19.2 Å². The fourth-order valence-electron chi connectivity index (χ4n) is 3.25. The predicted octanol–water partition coefficient (Wildman–Crippen LogP) is 6.43. The summed E-state index contributed by atoms with van der Waals surface area (Å²) in [5.41, 5.74) is 1.93. The maximum absolute atomic E-state index is 12.7. The number of rotatable bonds is 8. The Hall–Kier alpha value is -4.59. The largest absolute Gasteiger partial charge is 0.486 e. The molecule has 1 aromatic heterocycles. The molecule has 8 heteroatoms. The SMILES string of the molecule is Cc1cccc(OCc2ccc(C(=O)Nc3cc(Oc4ccccc4C)cc([N+](=O)[O-])c3)o2)c1. The van der Waals surface area contributed by atoms with Crippen molar-refractivity contribution in [1.29, 1.82) is 0 Å². The van der Waals surface area contributed by atoms with Crippen LogP contribution in [0.4, 0.5) is 11.4 Å². The molecule has 1 heterocycles. The minimum Gasteiger partial charge on any atom is -0.486 e. The minimum absolute atomic E-state index is 0.0516. The second-order valence-electron chi connectivity index (χ2n) is 7.67. The monoisotopic (exact) mass is 458 g/mol. The Morgan fingerprint density at radius 3 is 2.56 bits per heavy atom. The Morgan fingerprint density at radius 2 is 1.79 bits per heavy atom. The number of hydrogen-bond acceptors (Lipinski definition) is 6. The summed E-state index contributed by atoms with van der Waals surface area (Å²) in [6, 6.07) is 22.1. The van der Waals surface area contributed by atoms with Crippen LogP contribution in [0.25, 0.3) is 0 Å². The van der Waals surface area contributed by atoms with Gasteiger partial charge in [0.25, 0.3) is 11.6 Å². The zero-order valence-electron chi connectivity index (χ0n) is 18.6. The highest BCUT2D eigenvalue weighted by atomic mass is 16.6. The third kappa shape index (κ3) is 5.60. The Morgan fingerprint density at radius 1 is 0.971 bits per heavy atom. The van der Waals surface area contributed by atoms with Gasteiger partial charge in [-0.05, 0) is 55.3 Å². The van der Waals surface area contributed by atoms with Gasteiger partial charge in [-0.1, -0.05) is 30.3 Å². The van der Waals surface area contributed by atoms with Crippen LogP contribution in [0, 0.1) is 24.0 Å². The number of nitrogens with zero attached hydrogens (tertiary/aromatic N) is 1. The molecule has 0 bridgehead atoms. The molecule has 172 valence electrons. The van der Waals surface area contributed by atoms with Crippen molar-refractivity contribution in [1.82, 2.24) is 0 Å². The zero-order valence-corrected chi connectivity index (χ0v) is 18.6. The smallest absolute Gasteiger partial charge is 0.291 e. The van der Waals surface area contributed by atoms with Gasteiger partial charge in [0.05, 0.1) is 16.7 Å². The number of benzene rings is 3. The normalized spacial score (nSPS) is 10.5. The number of furan rings is 1. The van der Waals surface area contributed by atoms with Crippen LogP contribution >= 0.6 is 0 Å². The summed E-state index contributed by atoms with van der Waals surface area (Å²) in [7, 11) is 0. The van der Waals surface area contributed by atoms with Crippen molar-refractivity contribution >= 4 is 17.3 Å². The van der Waals surface area contributed by atoms with Crippen LogP contribution in [-0.2, 0) is 6.61 Å². The van der Waals surface area contributed by atoms with Gasteiger partial charge >= 0.3 is 0 Å². The number of carbonyl (C=O) groups is 1. The van der Waals surface area contributed by atoms with E-state index in [0.29, 0.717) is 17.3 Å². The van der Waals surface area contributed by atoms with Gasteiger partial charge in [0.2, 0.25) is 0 Å². The lowest BCUT2D eigenvalue weighted by Crippen LogP contribution is -2.11. The molecule has 3 aromatic carbocycles. The van der Waals surface area contributed by atoms with E-state index in [-0.39, 0.29) is 29.5 Å². The van der Waals surface area contributed by atoms with Crippen molar-refractivity contribution in [2.75, 3.05) is 5.32 Å². The van der Waals surface area contributed by atoms with Crippen LogP contribution in [-0.4, -0.2) is 10.8 Å². The summed E-state index contributed by atoms with van der Waals surface area (Å²) in [6.45, 7) is 3.99. The minimum atomic E-state index is -0.552. The number of carbonyl (C=O) groups excluding carboxylic acids is 1. The van der Waals surface area contributed by atoms with E-state index in [1.807, 2.05) is 50.2 Å². The van der Waals surface area contributed by atoms with Crippen LogP contribution in [0.5, 0.6) is 17.2 Å². The van der Waals surface area contributed by atoms with E-state index in [1.54, 1.807) is 18.2 Å². The number of hydrogen-bond donors (Lipinski definition) is 1. The Kier molecular flexibility index (Phi) is 6.59. The summed E-state index contributed by atoms with van der Waals surface area (Å²) in [5.74, 6) is 1.45. The van der Waals surface area contributed by atoms with E-state index >= 15 is 0 Å². The van der Waals surface area contributed by atoms with Gasteiger partial charge in [0.15, 0.2) is 5.76 Å². The summed E-state index contributed by atoms with van der Waals surface area (Å²) in [5, 5.41) is 14.0. The highest BCUT2D eigenvalue weighted by molar-refractivity contribution is 6.02. The first-order valence-electron chi connectivity index (χ1n) is 10.5. The highest BCUT2D eigenvalue weighted by Crippen LogP contribution is 2.31. The van der Waals surface area contributed by atoms with Crippen LogP contribution in [0.2, 0.25) is 0 Å². The first kappa shape index (κ1) is 22.6. The maximum atomic E-state index is 12.7. The number of para-hydroxylation sites is 1. The van der Waals surface area contributed by atoms with Gasteiger partial charge in [0.1, 0.15) is 29.6 Å². The molecule has 0 radical (unpaired) electrons. The Labute approximate surface area is 195 Å². The standard InChI is InChI=1S/C26H22N2O6/c1-17-6-5-8-21(12-17)32-16-22-10-11-25(33-22)26(29)27-19-13-20(28(30)31)15-23(14-19)34-24-9-4-3-7-18(24)2/h3-15H,16H2,1-2H3,(H,27,29). The first-order valence-corrected chi connectivity index (χ1v) is 10.5. The Bertz CT molecular complexity index is 1340. The number of non-ortho nitro benzene ring substituents is 1. The third-order valence-corrected chi connectivity index (χ3v) is 4.94. The second kappa shape index (κ2) is 9.91. The van der Waals surface area contributed by atoms with Gasteiger partial charge in [0, 0.05) is 12.1 Å². The van der Waals surface area contributed by atoms with Crippen molar-refractivity contribution in [2.45, 2.75) is 20.5 Å². The summed E-state index contributed by atoms with van der Waals surface area (Å²) in [6.07, 6.45) is 0. The molecular formula is C26H22N2O6. The van der Waals surface area contributed by atoms with Crippen LogP contribution in [0.3, 0.4) is 0 Å². The average molecular weight is 458 g/mol. The fourth-order valence-corrected chi connectivity index (χ4v) is 3.25. The van der Waals surface area contributed by atoms with Crippen molar-refractivity contribution < 1.29 is 23.6 Å². The third-order valence-electron chi connectivity index (χ3n) is 4.94. The number of ether oxygens (including phenoxy) is 2. The van der Waals surface area contributed by atoms with Gasteiger partial charge in [-0.15, -0.1) is 0 Å². The summed E-state index contributed by atoms with van der Waals surface area (Å²) in [4.78, 5) is 23.5. The summed E-state index contributed by atoms with van der Waals surface area (Å²) < 4.78 is 17.1. The van der Waals surface area contributed by atoms with Crippen LogP contribution < -0.4 is 14.8 Å². The van der Waals surface area contributed by atoms with Crippen molar-refractivity contribution in [3.63, 3.8) is 0 Å². The maximum Gasteiger partial charge on any atom is 0.291 e. The molecule has 0 aliphatic carbocycles. The van der Waals surface area contributed by atoms with Crippen LogP contribution in [0.15, 0.2) is 83.3 Å². The van der Waals surface area contributed by atoms with E-state index in [0.717, 1.165) is 11.1 Å². The zero-order chi connectivity index (χ0) is 24.1. The van der Waals surface area contributed by atoms with Crippen molar-refractivity contribution in [3.8, 4) is 17.2 Å². The molecular weight excluding hydrogens is 436 g/mol. The number of nitro benzene ring substituents is 1. The van der Waals surface area contributed by atoms with E-state index in [2.05, 4.69) is 5.32 Å². The van der Waals surface area contributed by atoms with E-state index < -0.39 is 10.8 Å². The van der Waals surface area contributed by atoms with Crippen molar-refractivity contribution in [3.05, 3.63) is 112 Å². The topological polar surface area (TPSA) is 104 Å². The quantitative estimate of drug-likeness (QED) is 0.241. The van der Waals surface area contributed by atoms with Gasteiger partial charge in [-0.25, -0.2) is 0 Å². The lowest BCUT2D eigenvalue weighted by Gasteiger charge is -2.10. The highest BCUT2D eigenvalue weighted by Gasteiger charge is 2.16. The van der Waals surface area contributed by atoms with Crippen LogP contribution in [0.1, 0.15) is 27.4 Å². The van der Waals surface area contributed by atoms with E-state index in [1.165, 1.54) is 24.3 Å². The molecule has 4 aromatic rings. The molecule has 0 aliphatic rings. The molecule has 0 fully saturated rings. The number of nitro groups is 1. The Balaban J connectivity index is 1.47. The average Bonchev–Trinajstić information content (AvgIpc) is 3.28. The predicted molar refractivity (Wildman–Crippen MR) is 127 cm³/mol. The molecule has 1 N–H and O–H groups in total. The molecule has 0 atom stereocenters. The lowest BCUT2D eigenvalue weighted by molar-refractivity contribution is -0.384. The summed E-state index contributed by atoms with van der Waals surface area (Å²) >= 11 is 0. The molecule has 0 saturated carbocycles. The van der Waals surface area contributed by atoms with Gasteiger partial charge in [-0.2, -0.15) is 0 Å². The molecule has 34 heavy (non-hydrogen) atoms. The molecule has 0 saturated heterocycles. The van der Waals surface area contributed by atoms with E-state index in [4.69, 9.17) is 13.9 Å².